The molecule has 1 aromatic heterocycles. The topological polar surface area (TPSA) is 85.2 Å². The molecule has 0 N–H and O–H groups in total. The summed E-state index contributed by atoms with van der Waals surface area (Å²) in [7, 11) is -3.11. The van der Waals surface area contributed by atoms with E-state index in [9.17, 15) is 13.2 Å². The quantitative estimate of drug-likeness (QED) is 0.546. The molecule has 1 aliphatic heterocycles. The van der Waals surface area contributed by atoms with Crippen LogP contribution >= 0.6 is 11.8 Å². The zero-order valence-corrected chi connectivity index (χ0v) is 18.1. The highest BCUT2D eigenvalue weighted by atomic mass is 32.2. The molecule has 0 saturated carbocycles. The number of aryl methyl sites for hydroxylation is 1. The maximum atomic E-state index is 13.2. The van der Waals surface area contributed by atoms with Crippen molar-refractivity contribution in [2.75, 3.05) is 22.2 Å². The first kappa shape index (κ1) is 20.6. The van der Waals surface area contributed by atoms with Crippen molar-refractivity contribution in [1.29, 1.82) is 0 Å². The van der Waals surface area contributed by atoms with Crippen LogP contribution in [0.5, 0.6) is 0 Å². The molecule has 0 bridgehead atoms. The largest absolute Gasteiger partial charge is 0.308 e. The van der Waals surface area contributed by atoms with Crippen LogP contribution in [0.1, 0.15) is 12.0 Å². The molecule has 9 heteroatoms. The van der Waals surface area contributed by atoms with E-state index in [4.69, 9.17) is 0 Å². The SMILES string of the molecule is Cc1ccccc1-n1cnnc1SCC(=O)N(c1ccccc1)[C@H]1CCS(=O)(=O)C1. The Morgan fingerprint density at radius 3 is 2.60 bits per heavy atom. The highest BCUT2D eigenvalue weighted by molar-refractivity contribution is 7.99. The fourth-order valence-corrected chi connectivity index (χ4v) is 6.12. The highest BCUT2D eigenvalue weighted by Gasteiger charge is 2.35. The molecular weight excluding hydrogens is 420 g/mol. The van der Waals surface area contributed by atoms with E-state index in [1.807, 2.05) is 66.1 Å². The molecule has 0 aliphatic carbocycles. The molecule has 1 saturated heterocycles. The van der Waals surface area contributed by atoms with Gasteiger partial charge in [0.1, 0.15) is 6.33 Å². The summed E-state index contributed by atoms with van der Waals surface area (Å²) in [6.07, 6.45) is 2.08. The van der Waals surface area contributed by atoms with Crippen LogP contribution in [0, 0.1) is 6.92 Å². The molecule has 3 aromatic rings. The zero-order valence-electron chi connectivity index (χ0n) is 16.5. The lowest BCUT2D eigenvalue weighted by Crippen LogP contribution is -2.42. The van der Waals surface area contributed by atoms with Gasteiger partial charge in [-0.05, 0) is 37.1 Å². The maximum absolute atomic E-state index is 13.2. The van der Waals surface area contributed by atoms with Gasteiger partial charge in [0.25, 0.3) is 0 Å². The summed E-state index contributed by atoms with van der Waals surface area (Å²) < 4.78 is 25.9. The Kier molecular flexibility index (Phi) is 5.92. The van der Waals surface area contributed by atoms with E-state index < -0.39 is 9.84 Å². The molecule has 156 valence electrons. The lowest BCUT2D eigenvalue weighted by Gasteiger charge is -2.28. The van der Waals surface area contributed by atoms with Crippen LogP contribution in [0.25, 0.3) is 5.69 Å². The fraction of sp³-hybridized carbons (Fsp3) is 0.286. The van der Waals surface area contributed by atoms with Crippen LogP contribution in [0.3, 0.4) is 0 Å². The third-order valence-electron chi connectivity index (χ3n) is 5.09. The minimum absolute atomic E-state index is 0.00229. The molecule has 1 atom stereocenters. The van der Waals surface area contributed by atoms with E-state index >= 15 is 0 Å². The lowest BCUT2D eigenvalue weighted by molar-refractivity contribution is -0.116. The zero-order chi connectivity index (χ0) is 21.1. The van der Waals surface area contributed by atoms with Crippen LogP contribution in [0.15, 0.2) is 66.1 Å². The average Bonchev–Trinajstić information content (AvgIpc) is 3.34. The number of hydrogen-bond donors (Lipinski definition) is 0. The standard InChI is InChI=1S/C21H22N4O3S2/c1-16-7-5-6-10-19(16)24-15-22-23-21(24)29-13-20(26)25(17-8-3-2-4-9-17)18-11-12-30(27,28)14-18/h2-10,15,18H,11-14H2,1H3/t18-/m0/s1. The van der Waals surface area contributed by atoms with E-state index in [0.717, 1.165) is 11.3 Å². The molecule has 30 heavy (non-hydrogen) atoms. The van der Waals surface area contributed by atoms with Gasteiger partial charge in [-0.1, -0.05) is 48.2 Å². The Hall–Kier alpha value is -2.65. The maximum Gasteiger partial charge on any atom is 0.237 e. The number of sulfone groups is 1. The van der Waals surface area contributed by atoms with Gasteiger partial charge in [-0.15, -0.1) is 10.2 Å². The minimum atomic E-state index is -3.11. The normalized spacial score (nSPS) is 17.7. The van der Waals surface area contributed by atoms with Crippen LogP contribution in [0.4, 0.5) is 5.69 Å². The Labute approximate surface area is 180 Å². The minimum Gasteiger partial charge on any atom is -0.308 e. The van der Waals surface area contributed by atoms with Crippen molar-refractivity contribution in [3.8, 4) is 5.69 Å². The van der Waals surface area contributed by atoms with Gasteiger partial charge in [-0.2, -0.15) is 0 Å². The summed E-state index contributed by atoms with van der Waals surface area (Å²) in [5.74, 6) is 0.101. The first-order valence-corrected chi connectivity index (χ1v) is 12.4. The van der Waals surface area contributed by atoms with Crippen LogP contribution in [-0.2, 0) is 14.6 Å². The number of rotatable bonds is 6. The van der Waals surface area contributed by atoms with Crippen molar-refractivity contribution in [3.05, 3.63) is 66.5 Å². The second kappa shape index (κ2) is 8.61. The van der Waals surface area contributed by atoms with Gasteiger partial charge in [-0.25, -0.2) is 8.42 Å². The van der Waals surface area contributed by atoms with Gasteiger partial charge in [0.15, 0.2) is 15.0 Å². The summed E-state index contributed by atoms with van der Waals surface area (Å²) in [4.78, 5) is 14.8. The van der Waals surface area contributed by atoms with E-state index in [0.29, 0.717) is 17.3 Å². The first-order valence-electron chi connectivity index (χ1n) is 9.61. The molecule has 0 spiro atoms. The molecule has 4 rings (SSSR count). The van der Waals surface area contributed by atoms with Crippen molar-refractivity contribution in [2.45, 2.75) is 24.5 Å². The van der Waals surface area contributed by atoms with Crippen LogP contribution in [0.2, 0.25) is 0 Å². The van der Waals surface area contributed by atoms with E-state index in [2.05, 4.69) is 10.2 Å². The van der Waals surface area contributed by atoms with E-state index in [1.165, 1.54) is 11.8 Å². The Balaban J connectivity index is 1.55. The Bertz CT molecular complexity index is 1150. The predicted molar refractivity (Wildman–Crippen MR) is 118 cm³/mol. The summed E-state index contributed by atoms with van der Waals surface area (Å²) in [5, 5.41) is 8.79. The molecule has 2 heterocycles. The molecular formula is C21H22N4O3S2. The Morgan fingerprint density at radius 1 is 1.17 bits per heavy atom. The van der Waals surface area contributed by atoms with E-state index in [1.54, 1.807) is 11.2 Å². The van der Waals surface area contributed by atoms with Crippen molar-refractivity contribution in [2.24, 2.45) is 0 Å². The third-order valence-corrected chi connectivity index (χ3v) is 7.77. The monoisotopic (exact) mass is 442 g/mol. The number of anilines is 1. The van der Waals surface area contributed by atoms with Crippen molar-refractivity contribution in [3.63, 3.8) is 0 Å². The summed E-state index contributed by atoms with van der Waals surface area (Å²) in [6, 6.07) is 16.8. The molecule has 0 unspecified atom stereocenters. The van der Waals surface area contributed by atoms with Gasteiger partial charge in [0, 0.05) is 5.69 Å². The van der Waals surface area contributed by atoms with Gasteiger partial charge in [0.05, 0.1) is 29.0 Å². The summed E-state index contributed by atoms with van der Waals surface area (Å²) in [5.41, 5.74) is 2.75. The Morgan fingerprint density at radius 2 is 1.90 bits per heavy atom. The van der Waals surface area contributed by atoms with Crippen LogP contribution in [-0.4, -0.2) is 52.4 Å². The van der Waals surface area contributed by atoms with Crippen molar-refractivity contribution < 1.29 is 13.2 Å². The number of para-hydroxylation sites is 2. The average molecular weight is 443 g/mol. The molecule has 7 nitrogen and oxygen atoms in total. The smallest absolute Gasteiger partial charge is 0.237 e. The molecule has 1 aliphatic rings. The first-order chi connectivity index (χ1) is 14.4. The number of carbonyl (C=O) groups excluding carboxylic acids is 1. The number of thioether (sulfide) groups is 1. The summed E-state index contributed by atoms with van der Waals surface area (Å²) in [6.45, 7) is 2.01. The van der Waals surface area contributed by atoms with Crippen LogP contribution < -0.4 is 4.90 Å². The fourth-order valence-electron chi connectivity index (χ4n) is 3.64. The third kappa shape index (κ3) is 4.41. The number of aromatic nitrogens is 3. The number of carbonyl (C=O) groups is 1. The highest BCUT2D eigenvalue weighted by Crippen LogP contribution is 2.27. The van der Waals surface area contributed by atoms with Gasteiger partial charge >= 0.3 is 0 Å². The second-order valence-electron chi connectivity index (χ2n) is 7.21. The lowest BCUT2D eigenvalue weighted by atomic mass is 10.2. The molecule has 2 aromatic carbocycles. The number of benzene rings is 2. The number of amides is 1. The second-order valence-corrected chi connectivity index (χ2v) is 10.4. The van der Waals surface area contributed by atoms with E-state index in [-0.39, 0.29) is 29.2 Å². The van der Waals surface area contributed by atoms with Gasteiger partial charge in [-0.3, -0.25) is 9.36 Å². The molecule has 0 radical (unpaired) electrons. The molecule has 1 fully saturated rings. The number of nitrogens with zero attached hydrogens (tertiary/aromatic N) is 4. The van der Waals surface area contributed by atoms with Gasteiger partial charge < -0.3 is 4.90 Å². The number of hydrogen-bond acceptors (Lipinski definition) is 6. The van der Waals surface area contributed by atoms with Crippen molar-refractivity contribution >= 4 is 33.2 Å². The summed E-state index contributed by atoms with van der Waals surface area (Å²) >= 11 is 1.30. The molecule has 1 amide bonds. The van der Waals surface area contributed by atoms with Gasteiger partial charge in [0.2, 0.25) is 5.91 Å². The predicted octanol–water partition coefficient (Wildman–Crippen LogP) is 2.89. The van der Waals surface area contributed by atoms with Crippen molar-refractivity contribution in [1.82, 2.24) is 14.8 Å².